The quantitative estimate of drug-likeness (QED) is 0.462. The molecule has 140 valence electrons. The van der Waals surface area contributed by atoms with Crippen molar-refractivity contribution in [2.24, 2.45) is 5.73 Å². The Morgan fingerprint density at radius 3 is 2.55 bits per heavy atom. The minimum Gasteiger partial charge on any atom is -0.366 e. The van der Waals surface area contributed by atoms with E-state index in [0.29, 0.717) is 16.1 Å². The SMILES string of the molecule is N#C/C(=C/Nc1ccc(C(N)=O)cc1)c1nc(-c2ccc3ccccc3c2)cs1. The number of anilines is 1. The molecule has 0 aliphatic rings. The molecular weight excluding hydrogens is 380 g/mol. The van der Waals surface area contributed by atoms with E-state index in [4.69, 9.17) is 5.73 Å². The molecule has 3 aromatic carbocycles. The van der Waals surface area contributed by atoms with Crippen LogP contribution in [-0.4, -0.2) is 10.9 Å². The van der Waals surface area contributed by atoms with E-state index >= 15 is 0 Å². The Kier molecular flexibility index (Phi) is 5.06. The number of carbonyl (C=O) groups excluding carboxylic acids is 1. The fraction of sp³-hybridized carbons (Fsp3) is 0. The maximum Gasteiger partial charge on any atom is 0.248 e. The fourth-order valence-corrected chi connectivity index (χ4v) is 3.70. The van der Waals surface area contributed by atoms with Gasteiger partial charge in [-0.25, -0.2) is 4.98 Å². The molecule has 0 spiro atoms. The maximum atomic E-state index is 11.1. The summed E-state index contributed by atoms with van der Waals surface area (Å²) in [6, 6.07) is 23.3. The van der Waals surface area contributed by atoms with Gasteiger partial charge < -0.3 is 11.1 Å². The number of hydrogen-bond donors (Lipinski definition) is 2. The van der Waals surface area contributed by atoms with Gasteiger partial charge in [0, 0.05) is 28.4 Å². The number of nitrogens with one attached hydrogen (secondary N) is 1. The summed E-state index contributed by atoms with van der Waals surface area (Å²) in [5.41, 5.74) is 8.70. The van der Waals surface area contributed by atoms with Crippen LogP contribution < -0.4 is 11.1 Å². The third-order valence-corrected chi connectivity index (χ3v) is 5.33. The topological polar surface area (TPSA) is 91.8 Å². The predicted molar refractivity (Wildman–Crippen MR) is 117 cm³/mol. The Balaban J connectivity index is 1.56. The number of aromatic nitrogens is 1. The van der Waals surface area contributed by atoms with Gasteiger partial charge in [-0.15, -0.1) is 11.3 Å². The summed E-state index contributed by atoms with van der Waals surface area (Å²) < 4.78 is 0. The summed E-state index contributed by atoms with van der Waals surface area (Å²) in [7, 11) is 0. The van der Waals surface area contributed by atoms with Crippen molar-refractivity contribution in [1.29, 1.82) is 5.26 Å². The number of hydrogen-bond acceptors (Lipinski definition) is 5. The Bertz CT molecular complexity index is 1270. The number of nitrogens with two attached hydrogens (primary N) is 1. The third-order valence-electron chi connectivity index (χ3n) is 4.45. The zero-order valence-electron chi connectivity index (χ0n) is 15.3. The number of thiazole rings is 1. The molecule has 0 unspecified atom stereocenters. The van der Waals surface area contributed by atoms with Crippen LogP contribution in [0, 0.1) is 11.3 Å². The summed E-state index contributed by atoms with van der Waals surface area (Å²) in [6.45, 7) is 0. The second-order valence-corrected chi connectivity index (χ2v) is 7.21. The number of allylic oxidation sites excluding steroid dienone is 1. The molecule has 0 bridgehead atoms. The van der Waals surface area contributed by atoms with Crippen molar-refractivity contribution >= 4 is 39.3 Å². The van der Waals surface area contributed by atoms with Crippen LogP contribution in [0.2, 0.25) is 0 Å². The molecule has 0 saturated heterocycles. The van der Waals surface area contributed by atoms with E-state index < -0.39 is 5.91 Å². The van der Waals surface area contributed by atoms with Crippen molar-refractivity contribution in [2.45, 2.75) is 0 Å². The third kappa shape index (κ3) is 4.00. The molecule has 4 aromatic rings. The summed E-state index contributed by atoms with van der Waals surface area (Å²) in [5, 5.41) is 17.5. The lowest BCUT2D eigenvalue weighted by atomic mass is 10.1. The number of primary amides is 1. The first-order chi connectivity index (χ1) is 14.1. The van der Waals surface area contributed by atoms with Gasteiger partial charge in [0.05, 0.1) is 5.69 Å². The molecule has 0 aliphatic heterocycles. The molecule has 29 heavy (non-hydrogen) atoms. The monoisotopic (exact) mass is 396 g/mol. The molecule has 0 fully saturated rings. The molecule has 3 N–H and O–H groups in total. The first-order valence-electron chi connectivity index (χ1n) is 8.86. The van der Waals surface area contributed by atoms with Gasteiger partial charge in [-0.2, -0.15) is 5.26 Å². The normalized spacial score (nSPS) is 11.2. The second kappa shape index (κ2) is 7.97. The lowest BCUT2D eigenvalue weighted by Gasteiger charge is -2.02. The van der Waals surface area contributed by atoms with E-state index in [2.05, 4.69) is 40.6 Å². The van der Waals surface area contributed by atoms with Crippen molar-refractivity contribution in [3.63, 3.8) is 0 Å². The molecule has 4 rings (SSSR count). The Morgan fingerprint density at radius 1 is 1.07 bits per heavy atom. The molecular formula is C23H16N4OS. The average molecular weight is 396 g/mol. The van der Waals surface area contributed by atoms with Crippen LogP contribution in [0.15, 0.2) is 78.3 Å². The van der Waals surface area contributed by atoms with Crippen molar-refractivity contribution < 1.29 is 4.79 Å². The van der Waals surface area contributed by atoms with Crippen LogP contribution in [0.4, 0.5) is 5.69 Å². The van der Waals surface area contributed by atoms with Crippen molar-refractivity contribution in [3.05, 3.63) is 88.9 Å². The lowest BCUT2D eigenvalue weighted by molar-refractivity contribution is 0.100. The van der Waals surface area contributed by atoms with E-state index in [1.165, 1.54) is 16.7 Å². The standard InChI is InChI=1S/C23H16N4OS/c24-12-19(13-26-20-9-7-16(8-10-20)22(25)28)23-27-21(14-29-23)18-6-5-15-3-1-2-4-17(15)11-18/h1-11,13-14,26H,(H2,25,28)/b19-13-. The molecule has 0 radical (unpaired) electrons. The highest BCUT2D eigenvalue weighted by Gasteiger charge is 2.09. The largest absolute Gasteiger partial charge is 0.366 e. The van der Waals surface area contributed by atoms with Gasteiger partial charge in [0.2, 0.25) is 5.91 Å². The van der Waals surface area contributed by atoms with Crippen LogP contribution in [0.5, 0.6) is 0 Å². The number of nitrogens with zero attached hydrogens (tertiary/aromatic N) is 2. The molecule has 1 aromatic heterocycles. The average Bonchev–Trinajstić information content (AvgIpc) is 3.24. The van der Waals surface area contributed by atoms with Gasteiger partial charge in [-0.05, 0) is 41.1 Å². The van der Waals surface area contributed by atoms with E-state index in [0.717, 1.165) is 22.3 Å². The zero-order chi connectivity index (χ0) is 20.2. The predicted octanol–water partition coefficient (Wildman–Crippen LogP) is 5.04. The first kappa shape index (κ1) is 18.4. The highest BCUT2D eigenvalue weighted by atomic mass is 32.1. The van der Waals surface area contributed by atoms with E-state index in [9.17, 15) is 10.1 Å². The van der Waals surface area contributed by atoms with Crippen LogP contribution in [0.25, 0.3) is 27.6 Å². The van der Waals surface area contributed by atoms with Crippen molar-refractivity contribution in [1.82, 2.24) is 4.98 Å². The maximum absolute atomic E-state index is 11.1. The second-order valence-electron chi connectivity index (χ2n) is 6.36. The van der Waals surface area contributed by atoms with Crippen molar-refractivity contribution in [3.8, 4) is 17.3 Å². The van der Waals surface area contributed by atoms with Crippen LogP contribution >= 0.6 is 11.3 Å². The minimum absolute atomic E-state index is 0.431. The molecule has 5 nitrogen and oxygen atoms in total. The minimum atomic E-state index is -0.478. The Hall–Kier alpha value is -3.95. The van der Waals surface area contributed by atoms with E-state index in [1.54, 1.807) is 30.5 Å². The number of nitriles is 1. The smallest absolute Gasteiger partial charge is 0.248 e. The summed E-state index contributed by atoms with van der Waals surface area (Å²) in [4.78, 5) is 15.8. The van der Waals surface area contributed by atoms with Crippen LogP contribution in [0.3, 0.4) is 0 Å². The molecule has 0 atom stereocenters. The molecule has 1 amide bonds. The lowest BCUT2D eigenvalue weighted by Crippen LogP contribution is -2.10. The van der Waals surface area contributed by atoms with E-state index in [1.807, 2.05) is 23.6 Å². The van der Waals surface area contributed by atoms with Crippen molar-refractivity contribution in [2.75, 3.05) is 5.32 Å². The van der Waals surface area contributed by atoms with Crippen LogP contribution in [-0.2, 0) is 0 Å². The zero-order valence-corrected chi connectivity index (χ0v) is 16.1. The van der Waals surface area contributed by atoms with Gasteiger partial charge in [0.25, 0.3) is 0 Å². The Morgan fingerprint density at radius 2 is 1.83 bits per heavy atom. The summed E-state index contributed by atoms with van der Waals surface area (Å²) >= 11 is 1.42. The van der Waals surface area contributed by atoms with Gasteiger partial charge >= 0.3 is 0 Å². The molecule has 1 heterocycles. The van der Waals surface area contributed by atoms with E-state index in [-0.39, 0.29) is 0 Å². The number of fused-ring (bicyclic) bond motifs is 1. The van der Waals surface area contributed by atoms with Gasteiger partial charge in [0.1, 0.15) is 16.6 Å². The molecule has 6 heteroatoms. The number of carbonyl (C=O) groups is 1. The van der Waals surface area contributed by atoms with Gasteiger partial charge in [-0.1, -0.05) is 36.4 Å². The highest BCUT2D eigenvalue weighted by molar-refractivity contribution is 7.11. The number of benzene rings is 3. The highest BCUT2D eigenvalue weighted by Crippen LogP contribution is 2.28. The summed E-state index contributed by atoms with van der Waals surface area (Å²) in [5.74, 6) is -0.478. The number of amides is 1. The van der Waals surface area contributed by atoms with Gasteiger partial charge in [-0.3, -0.25) is 4.79 Å². The first-order valence-corrected chi connectivity index (χ1v) is 9.74. The fourth-order valence-electron chi connectivity index (χ4n) is 2.91. The summed E-state index contributed by atoms with van der Waals surface area (Å²) in [6.07, 6.45) is 1.61. The molecule has 0 saturated carbocycles. The number of rotatable bonds is 5. The van der Waals surface area contributed by atoms with Gasteiger partial charge in [0.15, 0.2) is 0 Å². The Labute approximate surface area is 171 Å². The molecule has 0 aliphatic carbocycles. The van der Waals surface area contributed by atoms with Crippen LogP contribution in [0.1, 0.15) is 15.4 Å².